The molecule has 0 saturated carbocycles. The number of aromatic nitrogens is 1. The summed E-state index contributed by atoms with van der Waals surface area (Å²) >= 11 is 0. The van der Waals surface area contributed by atoms with Crippen molar-refractivity contribution in [2.45, 2.75) is 26.2 Å². The first kappa shape index (κ1) is 24.4. The molecule has 0 spiro atoms. The van der Waals surface area contributed by atoms with Crippen LogP contribution in [0.1, 0.15) is 35.3 Å². The molecule has 1 saturated heterocycles. The molecule has 35 heavy (non-hydrogen) atoms. The number of carbonyl (C=O) groups is 2. The number of hydrogen-bond donors (Lipinski definition) is 1. The van der Waals surface area contributed by atoms with Crippen LogP contribution in [-0.2, 0) is 11.8 Å². The monoisotopic (exact) mass is 479 g/mol. The molecule has 0 bridgehead atoms. The first-order valence-corrected chi connectivity index (χ1v) is 12.0. The molecule has 2 amide bonds. The van der Waals surface area contributed by atoms with Crippen LogP contribution in [0.15, 0.2) is 42.5 Å². The van der Waals surface area contributed by atoms with Crippen molar-refractivity contribution in [3.8, 4) is 17.2 Å². The predicted octanol–water partition coefficient (Wildman–Crippen LogP) is 3.70. The molecule has 4 rings (SSSR count). The van der Waals surface area contributed by atoms with Crippen molar-refractivity contribution in [1.29, 1.82) is 0 Å². The zero-order chi connectivity index (χ0) is 24.8. The summed E-state index contributed by atoms with van der Waals surface area (Å²) in [5.41, 5.74) is 2.37. The molecule has 1 N–H and O–H groups in total. The first-order chi connectivity index (χ1) is 17.0. The van der Waals surface area contributed by atoms with Crippen LogP contribution in [0.5, 0.6) is 17.2 Å². The van der Waals surface area contributed by atoms with Crippen molar-refractivity contribution >= 4 is 22.7 Å². The van der Waals surface area contributed by atoms with Gasteiger partial charge in [0.05, 0.1) is 19.2 Å². The van der Waals surface area contributed by atoms with Gasteiger partial charge < -0.3 is 29.0 Å². The molecular weight excluding hydrogens is 446 g/mol. The normalized spacial score (nSPS) is 13.5. The lowest BCUT2D eigenvalue weighted by molar-refractivity contribution is -0.134. The van der Waals surface area contributed by atoms with E-state index in [0.29, 0.717) is 36.0 Å². The fourth-order valence-electron chi connectivity index (χ4n) is 4.46. The third-order valence-corrected chi connectivity index (χ3v) is 6.48. The maximum atomic E-state index is 13.1. The Kier molecular flexibility index (Phi) is 7.80. The number of amides is 2. The molecule has 2 heterocycles. The maximum Gasteiger partial charge on any atom is 0.260 e. The number of piperidine rings is 1. The standard InChI is InChI=1S/C27H33N3O5/c1-19-26(27(32)28-13-16-34-24-10-6-5-9-23(24)33-3)21-17-20(11-12-22(21)29(19)2)35-18-25(31)30-14-7-4-8-15-30/h5-6,9-12,17H,4,7-8,13-16,18H2,1-3H3,(H,28,32). The molecule has 3 aromatic rings. The quantitative estimate of drug-likeness (QED) is 0.474. The topological polar surface area (TPSA) is 82.0 Å². The van der Waals surface area contributed by atoms with Crippen LogP contribution in [0.3, 0.4) is 0 Å². The van der Waals surface area contributed by atoms with Crippen molar-refractivity contribution < 1.29 is 23.8 Å². The Morgan fingerprint density at radius 3 is 2.49 bits per heavy atom. The van der Waals surface area contributed by atoms with E-state index in [2.05, 4.69) is 5.32 Å². The van der Waals surface area contributed by atoms with Gasteiger partial charge in [-0.1, -0.05) is 12.1 Å². The number of carbonyl (C=O) groups excluding carboxylic acids is 2. The number of para-hydroxylation sites is 2. The lowest BCUT2D eigenvalue weighted by Crippen LogP contribution is -2.38. The Morgan fingerprint density at radius 2 is 1.74 bits per heavy atom. The molecule has 0 atom stereocenters. The molecule has 0 aliphatic carbocycles. The van der Waals surface area contributed by atoms with Crippen LogP contribution in [0.25, 0.3) is 10.9 Å². The summed E-state index contributed by atoms with van der Waals surface area (Å²) in [6.45, 7) is 4.16. The SMILES string of the molecule is COc1ccccc1OCCNC(=O)c1c(C)n(C)c2ccc(OCC(=O)N3CCCCC3)cc12. The summed E-state index contributed by atoms with van der Waals surface area (Å²) in [7, 11) is 3.52. The first-order valence-electron chi connectivity index (χ1n) is 12.0. The third kappa shape index (κ3) is 5.53. The van der Waals surface area contributed by atoms with Crippen molar-refractivity contribution in [3.63, 3.8) is 0 Å². The second-order valence-corrected chi connectivity index (χ2v) is 8.68. The van der Waals surface area contributed by atoms with Crippen LogP contribution in [-0.4, -0.2) is 61.2 Å². The summed E-state index contributed by atoms with van der Waals surface area (Å²) in [5.74, 6) is 1.67. The van der Waals surface area contributed by atoms with E-state index < -0.39 is 0 Å². The summed E-state index contributed by atoms with van der Waals surface area (Å²) in [5, 5.41) is 3.73. The van der Waals surface area contributed by atoms with Gasteiger partial charge in [-0.15, -0.1) is 0 Å². The van der Waals surface area contributed by atoms with Gasteiger partial charge in [-0.25, -0.2) is 0 Å². The highest BCUT2D eigenvalue weighted by Crippen LogP contribution is 2.29. The molecule has 0 unspecified atom stereocenters. The van der Waals surface area contributed by atoms with E-state index in [1.807, 2.05) is 65.9 Å². The van der Waals surface area contributed by atoms with E-state index in [4.69, 9.17) is 14.2 Å². The molecule has 1 aliphatic rings. The molecule has 186 valence electrons. The summed E-state index contributed by atoms with van der Waals surface area (Å²) in [4.78, 5) is 27.4. The van der Waals surface area contributed by atoms with Gasteiger partial charge in [0.2, 0.25) is 0 Å². The highest BCUT2D eigenvalue weighted by molar-refractivity contribution is 6.08. The van der Waals surface area contributed by atoms with Gasteiger partial charge in [0.15, 0.2) is 18.1 Å². The van der Waals surface area contributed by atoms with Gasteiger partial charge in [-0.2, -0.15) is 0 Å². The van der Waals surface area contributed by atoms with E-state index in [1.54, 1.807) is 7.11 Å². The zero-order valence-electron chi connectivity index (χ0n) is 20.6. The van der Waals surface area contributed by atoms with Gasteiger partial charge in [0.25, 0.3) is 11.8 Å². The molecule has 8 heteroatoms. The number of hydrogen-bond acceptors (Lipinski definition) is 5. The second kappa shape index (κ2) is 11.2. The fraction of sp³-hybridized carbons (Fsp3) is 0.407. The Morgan fingerprint density at radius 1 is 1.00 bits per heavy atom. The van der Waals surface area contributed by atoms with Gasteiger partial charge in [0, 0.05) is 36.7 Å². The van der Waals surface area contributed by atoms with Crippen LogP contribution < -0.4 is 19.5 Å². The zero-order valence-corrected chi connectivity index (χ0v) is 20.6. The van der Waals surface area contributed by atoms with Crippen LogP contribution in [0, 0.1) is 6.92 Å². The molecular formula is C27H33N3O5. The average molecular weight is 480 g/mol. The number of nitrogens with one attached hydrogen (secondary N) is 1. The minimum absolute atomic E-state index is 0.000854. The van der Waals surface area contributed by atoms with Gasteiger partial charge in [-0.05, 0) is 56.5 Å². The summed E-state index contributed by atoms with van der Waals surface area (Å²) in [6, 6.07) is 13.0. The molecule has 1 aromatic heterocycles. The van der Waals surface area contributed by atoms with E-state index in [-0.39, 0.29) is 18.4 Å². The Hall–Kier alpha value is -3.68. The van der Waals surface area contributed by atoms with Gasteiger partial charge in [0.1, 0.15) is 12.4 Å². The number of benzene rings is 2. The summed E-state index contributed by atoms with van der Waals surface area (Å²) < 4.78 is 18.9. The van der Waals surface area contributed by atoms with Crippen LogP contribution >= 0.6 is 0 Å². The van der Waals surface area contributed by atoms with Crippen molar-refractivity contribution in [1.82, 2.24) is 14.8 Å². The number of nitrogens with zero attached hydrogens (tertiary/aromatic N) is 2. The highest BCUT2D eigenvalue weighted by Gasteiger charge is 2.20. The maximum absolute atomic E-state index is 13.1. The molecule has 1 aliphatic heterocycles. The van der Waals surface area contributed by atoms with Gasteiger partial charge in [-0.3, -0.25) is 9.59 Å². The predicted molar refractivity (Wildman–Crippen MR) is 134 cm³/mol. The van der Waals surface area contributed by atoms with E-state index >= 15 is 0 Å². The minimum Gasteiger partial charge on any atom is -0.493 e. The minimum atomic E-state index is -0.182. The van der Waals surface area contributed by atoms with E-state index in [1.165, 1.54) is 6.42 Å². The number of methoxy groups -OCH3 is 1. The third-order valence-electron chi connectivity index (χ3n) is 6.48. The highest BCUT2D eigenvalue weighted by atomic mass is 16.5. The van der Waals surface area contributed by atoms with Crippen LogP contribution in [0.2, 0.25) is 0 Å². The largest absolute Gasteiger partial charge is 0.493 e. The van der Waals surface area contributed by atoms with Crippen molar-refractivity contribution in [2.75, 3.05) is 40.0 Å². The Labute approximate surface area is 205 Å². The molecule has 8 nitrogen and oxygen atoms in total. The number of ether oxygens (including phenoxy) is 3. The number of aryl methyl sites for hydroxylation is 1. The average Bonchev–Trinajstić information content (AvgIpc) is 3.14. The van der Waals surface area contributed by atoms with Crippen molar-refractivity contribution in [3.05, 3.63) is 53.7 Å². The Balaban J connectivity index is 1.41. The summed E-state index contributed by atoms with van der Waals surface area (Å²) in [6.07, 6.45) is 3.26. The van der Waals surface area contributed by atoms with Crippen LogP contribution in [0.4, 0.5) is 0 Å². The lowest BCUT2D eigenvalue weighted by atomic mass is 10.1. The smallest absolute Gasteiger partial charge is 0.260 e. The number of fused-ring (bicyclic) bond motifs is 1. The molecule has 1 fully saturated rings. The molecule has 2 aromatic carbocycles. The van der Waals surface area contributed by atoms with Gasteiger partial charge >= 0.3 is 0 Å². The Bertz CT molecular complexity index is 1200. The number of likely N-dealkylation sites (tertiary alicyclic amines) is 1. The second-order valence-electron chi connectivity index (χ2n) is 8.68. The fourth-order valence-corrected chi connectivity index (χ4v) is 4.46. The molecule has 0 radical (unpaired) electrons. The van der Waals surface area contributed by atoms with Crippen molar-refractivity contribution in [2.24, 2.45) is 7.05 Å². The number of rotatable bonds is 9. The lowest BCUT2D eigenvalue weighted by Gasteiger charge is -2.26. The van der Waals surface area contributed by atoms with E-state index in [0.717, 1.165) is 42.5 Å². The van der Waals surface area contributed by atoms with E-state index in [9.17, 15) is 9.59 Å².